The van der Waals surface area contributed by atoms with E-state index in [1.807, 2.05) is 0 Å². The number of likely N-dealkylation sites (N-methyl/N-ethyl adjacent to an activating group) is 2. The van der Waals surface area contributed by atoms with Gasteiger partial charge in [-0.1, -0.05) is 13.8 Å². The van der Waals surface area contributed by atoms with Crippen LogP contribution in [0, 0.1) is 5.92 Å². The molecule has 0 unspecified atom stereocenters. The van der Waals surface area contributed by atoms with Crippen molar-refractivity contribution in [1.82, 2.24) is 15.1 Å². The van der Waals surface area contributed by atoms with Crippen molar-refractivity contribution in [2.45, 2.75) is 26.7 Å². The Hall–Kier alpha value is -0.160. The first-order valence-corrected chi connectivity index (χ1v) is 7.95. The Balaban J connectivity index is 1.81. The van der Waals surface area contributed by atoms with Crippen LogP contribution in [0.2, 0.25) is 0 Å². The molecule has 0 aromatic heterocycles. The number of nitrogens with zero attached hydrogens (tertiary/aromatic N) is 2. The smallest absolute Gasteiger partial charge is 0.0593 e. The van der Waals surface area contributed by atoms with E-state index in [0.717, 1.165) is 64.9 Å². The van der Waals surface area contributed by atoms with Crippen LogP contribution < -0.4 is 5.32 Å². The molecule has 0 bridgehead atoms. The molecule has 1 rings (SSSR count). The number of nitrogens with one attached hydrogen (secondary N) is 1. The fourth-order valence-corrected chi connectivity index (χ4v) is 2.04. The molecular weight excluding hydrogens is 238 g/mol. The zero-order chi connectivity index (χ0) is 13.9. The molecule has 0 aromatic rings. The van der Waals surface area contributed by atoms with E-state index in [1.54, 1.807) is 0 Å². The van der Waals surface area contributed by atoms with Gasteiger partial charge >= 0.3 is 0 Å². The summed E-state index contributed by atoms with van der Waals surface area (Å²) in [7, 11) is 2.17. The van der Waals surface area contributed by atoms with Gasteiger partial charge in [0.1, 0.15) is 0 Å². The fourth-order valence-electron chi connectivity index (χ4n) is 2.04. The van der Waals surface area contributed by atoms with Gasteiger partial charge in [0.2, 0.25) is 0 Å². The van der Waals surface area contributed by atoms with Crippen molar-refractivity contribution in [3.8, 4) is 0 Å². The van der Waals surface area contributed by atoms with Crippen molar-refractivity contribution in [1.29, 1.82) is 0 Å². The minimum absolute atomic E-state index is 0.881. The highest BCUT2D eigenvalue weighted by atomic mass is 16.5. The summed E-state index contributed by atoms with van der Waals surface area (Å²) in [5.74, 6) is 0.882. The molecule has 0 amide bonds. The molecule has 1 fully saturated rings. The highest BCUT2D eigenvalue weighted by molar-refractivity contribution is 4.72. The van der Waals surface area contributed by atoms with Crippen LogP contribution in [0.15, 0.2) is 0 Å². The second-order valence-corrected chi connectivity index (χ2v) is 5.60. The van der Waals surface area contributed by atoms with Crippen LogP contribution in [0.4, 0.5) is 0 Å². The normalized spacial score (nSPS) is 15.6. The molecule has 19 heavy (non-hydrogen) atoms. The van der Waals surface area contributed by atoms with Crippen molar-refractivity contribution < 1.29 is 4.74 Å². The van der Waals surface area contributed by atoms with Gasteiger partial charge < -0.3 is 19.9 Å². The summed E-state index contributed by atoms with van der Waals surface area (Å²) in [4.78, 5) is 4.79. The summed E-state index contributed by atoms with van der Waals surface area (Å²) in [5, 5.41) is 3.51. The van der Waals surface area contributed by atoms with E-state index < -0.39 is 0 Å². The van der Waals surface area contributed by atoms with Gasteiger partial charge in [-0.15, -0.1) is 0 Å². The first kappa shape index (κ1) is 16.9. The van der Waals surface area contributed by atoms with Crippen LogP contribution in [0.5, 0.6) is 0 Å². The Bertz CT molecular complexity index is 206. The molecule has 0 atom stereocenters. The summed E-state index contributed by atoms with van der Waals surface area (Å²) < 4.78 is 5.65. The number of hydrogen-bond acceptors (Lipinski definition) is 4. The number of hydrogen-bond donors (Lipinski definition) is 1. The van der Waals surface area contributed by atoms with Crippen LogP contribution >= 0.6 is 0 Å². The lowest BCUT2D eigenvalue weighted by Gasteiger charge is -2.20. The van der Waals surface area contributed by atoms with Gasteiger partial charge in [0.25, 0.3) is 0 Å². The standard InChI is InChI=1S/C15H33N3O/c1-4-18(5-2)11-9-16-8-10-17(3)12-13-19-14-15-6-7-15/h15-16H,4-14H2,1-3H3. The molecule has 0 heterocycles. The van der Waals surface area contributed by atoms with Crippen LogP contribution in [0.3, 0.4) is 0 Å². The lowest BCUT2D eigenvalue weighted by Crippen LogP contribution is -2.36. The zero-order valence-electron chi connectivity index (χ0n) is 13.2. The second kappa shape index (κ2) is 10.6. The molecule has 0 aliphatic heterocycles. The third-order valence-electron chi connectivity index (χ3n) is 3.84. The van der Waals surface area contributed by atoms with Crippen molar-refractivity contribution in [2.75, 3.05) is 66.1 Å². The number of ether oxygens (including phenoxy) is 1. The molecule has 1 N–H and O–H groups in total. The molecule has 114 valence electrons. The van der Waals surface area contributed by atoms with Crippen LogP contribution in [-0.4, -0.2) is 75.9 Å². The van der Waals surface area contributed by atoms with Crippen molar-refractivity contribution in [3.05, 3.63) is 0 Å². The van der Waals surface area contributed by atoms with E-state index in [-0.39, 0.29) is 0 Å². The Morgan fingerprint density at radius 2 is 1.74 bits per heavy atom. The van der Waals surface area contributed by atoms with Crippen molar-refractivity contribution in [3.63, 3.8) is 0 Å². The predicted octanol–water partition coefficient (Wildman–Crippen LogP) is 1.28. The first-order valence-electron chi connectivity index (χ1n) is 7.95. The molecule has 0 spiro atoms. The van der Waals surface area contributed by atoms with E-state index in [9.17, 15) is 0 Å². The average molecular weight is 271 g/mol. The average Bonchev–Trinajstić information content (AvgIpc) is 3.23. The summed E-state index contributed by atoms with van der Waals surface area (Å²) in [5.41, 5.74) is 0. The predicted molar refractivity (Wildman–Crippen MR) is 81.7 cm³/mol. The number of rotatable bonds is 13. The molecule has 0 saturated heterocycles. The first-order chi connectivity index (χ1) is 9.26. The fraction of sp³-hybridized carbons (Fsp3) is 1.00. The summed E-state index contributed by atoms with van der Waals surface area (Å²) in [6, 6.07) is 0. The third-order valence-corrected chi connectivity index (χ3v) is 3.84. The molecule has 1 aliphatic carbocycles. The van der Waals surface area contributed by atoms with Gasteiger partial charge in [-0.25, -0.2) is 0 Å². The van der Waals surface area contributed by atoms with E-state index in [4.69, 9.17) is 4.74 Å². The maximum Gasteiger partial charge on any atom is 0.0593 e. The van der Waals surface area contributed by atoms with Gasteiger partial charge in [-0.05, 0) is 38.9 Å². The Morgan fingerprint density at radius 1 is 1.05 bits per heavy atom. The largest absolute Gasteiger partial charge is 0.380 e. The van der Waals surface area contributed by atoms with Gasteiger partial charge in [-0.3, -0.25) is 0 Å². The molecule has 4 nitrogen and oxygen atoms in total. The minimum Gasteiger partial charge on any atom is -0.380 e. The van der Waals surface area contributed by atoms with Crippen molar-refractivity contribution in [2.24, 2.45) is 5.92 Å². The van der Waals surface area contributed by atoms with Gasteiger partial charge in [0.15, 0.2) is 0 Å². The molecule has 0 radical (unpaired) electrons. The Morgan fingerprint density at radius 3 is 2.37 bits per heavy atom. The lowest BCUT2D eigenvalue weighted by molar-refractivity contribution is 0.103. The van der Waals surface area contributed by atoms with Crippen LogP contribution in [-0.2, 0) is 4.74 Å². The summed E-state index contributed by atoms with van der Waals surface area (Å²) >= 11 is 0. The van der Waals surface area contributed by atoms with Gasteiger partial charge in [0.05, 0.1) is 6.61 Å². The monoisotopic (exact) mass is 271 g/mol. The summed E-state index contributed by atoms with van der Waals surface area (Å²) in [6.45, 7) is 14.1. The summed E-state index contributed by atoms with van der Waals surface area (Å²) in [6.07, 6.45) is 2.76. The van der Waals surface area contributed by atoms with Gasteiger partial charge in [0, 0.05) is 39.3 Å². The SMILES string of the molecule is CCN(CC)CCNCCN(C)CCOCC1CC1. The highest BCUT2D eigenvalue weighted by Crippen LogP contribution is 2.28. The molecular formula is C15H33N3O. The topological polar surface area (TPSA) is 27.7 Å². The lowest BCUT2D eigenvalue weighted by atomic mass is 10.4. The van der Waals surface area contributed by atoms with Crippen LogP contribution in [0.25, 0.3) is 0 Å². The second-order valence-electron chi connectivity index (χ2n) is 5.60. The quantitative estimate of drug-likeness (QED) is 0.511. The molecule has 4 heteroatoms. The molecule has 0 aromatic carbocycles. The zero-order valence-corrected chi connectivity index (χ0v) is 13.2. The van der Waals surface area contributed by atoms with E-state index in [2.05, 4.69) is 36.0 Å². The molecule has 1 aliphatic rings. The minimum atomic E-state index is 0.881. The molecule has 1 saturated carbocycles. The van der Waals surface area contributed by atoms with E-state index in [0.29, 0.717) is 0 Å². The maximum atomic E-state index is 5.65. The van der Waals surface area contributed by atoms with E-state index >= 15 is 0 Å². The third kappa shape index (κ3) is 9.38. The highest BCUT2D eigenvalue weighted by Gasteiger charge is 2.20. The Labute approximate surface area is 119 Å². The van der Waals surface area contributed by atoms with Gasteiger partial charge in [-0.2, -0.15) is 0 Å². The van der Waals surface area contributed by atoms with E-state index in [1.165, 1.54) is 12.8 Å². The van der Waals surface area contributed by atoms with Crippen LogP contribution in [0.1, 0.15) is 26.7 Å². The van der Waals surface area contributed by atoms with Crippen molar-refractivity contribution >= 4 is 0 Å². The maximum absolute atomic E-state index is 5.65. The Kier molecular flexibility index (Phi) is 9.43.